The third-order valence-corrected chi connectivity index (χ3v) is 1.83. The van der Waals surface area contributed by atoms with Crippen molar-refractivity contribution in [1.82, 2.24) is 0 Å². The van der Waals surface area contributed by atoms with Crippen molar-refractivity contribution in [2.45, 2.75) is 34.6 Å². The van der Waals surface area contributed by atoms with Crippen LogP contribution in [-0.4, -0.2) is 5.78 Å². The van der Waals surface area contributed by atoms with Gasteiger partial charge in [-0.15, -0.1) is 12.8 Å². The predicted octanol–water partition coefficient (Wildman–Crippen LogP) is 5.30. The smallest absolute Gasteiger partial charge is 0.192 e. The van der Waals surface area contributed by atoms with Crippen LogP contribution in [0.5, 0.6) is 0 Å². The first-order valence-corrected chi connectivity index (χ1v) is 6.51. The van der Waals surface area contributed by atoms with E-state index in [0.29, 0.717) is 11.1 Å². The van der Waals surface area contributed by atoms with Gasteiger partial charge in [-0.1, -0.05) is 76.8 Å². The van der Waals surface area contributed by atoms with Gasteiger partial charge < -0.3 is 0 Å². The van der Waals surface area contributed by atoms with Gasteiger partial charge in [0.1, 0.15) is 0 Å². The molecule has 1 rings (SSSR count). The number of Topliss-reactive ketones (excluding diaryl/α,β-unsaturated/α-hetero) is 1. The Balaban J connectivity index is -0.000000375. The fourth-order valence-electron chi connectivity index (χ4n) is 1.10. The Morgan fingerprint density at radius 1 is 1.05 bits per heavy atom. The standard InChI is InChI=1S/C12H12O.2C2H6.C2H2/c1-3-10(4-2)12(13)11-8-6-5-7-9-11;3*1-2/h3-9H,1H2,2H3;2*1-2H3;1-2H/b10-4+;;;. The monoisotopic (exact) mass is 258 g/mol. The average Bonchev–Trinajstić information content (AvgIpc) is 2.55. The number of terminal acetylenes is 1. The first kappa shape index (κ1) is 22.1. The highest BCUT2D eigenvalue weighted by Gasteiger charge is 2.06. The molecule has 1 nitrogen and oxygen atoms in total. The molecule has 0 amide bonds. The van der Waals surface area contributed by atoms with Crippen LogP contribution in [0.2, 0.25) is 0 Å². The summed E-state index contributed by atoms with van der Waals surface area (Å²) < 4.78 is 0. The summed E-state index contributed by atoms with van der Waals surface area (Å²) in [5, 5.41) is 0. The van der Waals surface area contributed by atoms with Gasteiger partial charge in [0, 0.05) is 11.1 Å². The number of hydrogen-bond donors (Lipinski definition) is 0. The molecule has 0 aliphatic carbocycles. The molecule has 0 fully saturated rings. The number of carbonyl (C=O) groups excluding carboxylic acids is 1. The Morgan fingerprint density at radius 3 is 1.79 bits per heavy atom. The fourth-order valence-corrected chi connectivity index (χ4v) is 1.10. The number of carbonyl (C=O) groups is 1. The molecular formula is C18H26O. The van der Waals surface area contributed by atoms with Crippen molar-refractivity contribution in [3.05, 3.63) is 60.2 Å². The summed E-state index contributed by atoms with van der Waals surface area (Å²) >= 11 is 0. The van der Waals surface area contributed by atoms with Crippen molar-refractivity contribution in [1.29, 1.82) is 0 Å². The third-order valence-electron chi connectivity index (χ3n) is 1.83. The zero-order valence-electron chi connectivity index (χ0n) is 12.8. The Hall–Kier alpha value is -2.07. The molecule has 1 heteroatoms. The minimum Gasteiger partial charge on any atom is -0.289 e. The predicted molar refractivity (Wildman–Crippen MR) is 87.3 cm³/mol. The summed E-state index contributed by atoms with van der Waals surface area (Å²) in [6.45, 7) is 13.4. The highest BCUT2D eigenvalue weighted by molar-refractivity contribution is 6.10. The molecule has 0 unspecified atom stereocenters. The van der Waals surface area contributed by atoms with E-state index >= 15 is 0 Å². The van der Waals surface area contributed by atoms with E-state index in [0.717, 1.165) is 0 Å². The Morgan fingerprint density at radius 2 is 1.47 bits per heavy atom. The molecule has 0 saturated carbocycles. The molecule has 0 N–H and O–H groups in total. The molecule has 0 aliphatic heterocycles. The van der Waals surface area contributed by atoms with Crippen molar-refractivity contribution < 1.29 is 4.79 Å². The van der Waals surface area contributed by atoms with Crippen LogP contribution in [0.25, 0.3) is 0 Å². The molecule has 0 spiro atoms. The molecule has 0 aliphatic rings. The molecule has 0 radical (unpaired) electrons. The first-order valence-electron chi connectivity index (χ1n) is 6.51. The second kappa shape index (κ2) is 18.3. The molecule has 1 aromatic carbocycles. The highest BCUT2D eigenvalue weighted by atomic mass is 16.1. The van der Waals surface area contributed by atoms with E-state index in [9.17, 15) is 4.79 Å². The summed E-state index contributed by atoms with van der Waals surface area (Å²) in [6.07, 6.45) is 11.3. The lowest BCUT2D eigenvalue weighted by Gasteiger charge is -1.99. The zero-order chi connectivity index (χ0) is 15.7. The van der Waals surface area contributed by atoms with E-state index in [1.807, 2.05) is 52.8 Å². The summed E-state index contributed by atoms with van der Waals surface area (Å²) in [5.41, 5.74) is 1.35. The third kappa shape index (κ3) is 9.62. The summed E-state index contributed by atoms with van der Waals surface area (Å²) in [6, 6.07) is 9.19. The van der Waals surface area contributed by atoms with E-state index in [2.05, 4.69) is 19.4 Å². The van der Waals surface area contributed by atoms with Crippen molar-refractivity contribution in [3.8, 4) is 12.8 Å². The van der Waals surface area contributed by atoms with Crippen LogP contribution in [0.1, 0.15) is 45.0 Å². The van der Waals surface area contributed by atoms with E-state index in [1.165, 1.54) is 0 Å². The molecular weight excluding hydrogens is 232 g/mol. The van der Waals surface area contributed by atoms with Crippen LogP contribution in [0.4, 0.5) is 0 Å². The Bertz CT molecular complexity index is 369. The van der Waals surface area contributed by atoms with E-state index in [-0.39, 0.29) is 5.78 Å². The Kier molecular flexibility index (Phi) is 21.3. The quantitative estimate of drug-likeness (QED) is 0.311. The normalized spacial score (nSPS) is 8.26. The lowest BCUT2D eigenvalue weighted by molar-refractivity contribution is 0.103. The molecule has 1 aromatic rings. The molecule has 0 heterocycles. The molecule has 0 aromatic heterocycles. The number of ketones is 1. The molecule has 104 valence electrons. The average molecular weight is 258 g/mol. The van der Waals surface area contributed by atoms with Crippen molar-refractivity contribution in [2.75, 3.05) is 0 Å². The fraction of sp³-hybridized carbons (Fsp3) is 0.278. The minimum atomic E-state index is 0.0260. The van der Waals surface area contributed by atoms with Crippen LogP contribution in [0.15, 0.2) is 54.6 Å². The van der Waals surface area contributed by atoms with Gasteiger partial charge in [-0.05, 0) is 6.92 Å². The van der Waals surface area contributed by atoms with Gasteiger partial charge in [-0.25, -0.2) is 0 Å². The van der Waals surface area contributed by atoms with Gasteiger partial charge in [0.15, 0.2) is 5.78 Å². The largest absolute Gasteiger partial charge is 0.289 e. The maximum atomic E-state index is 11.7. The SMILES string of the molecule is C#C.C=C/C(=C\C)C(=O)c1ccccc1.CC.CC. The van der Waals surface area contributed by atoms with Crippen molar-refractivity contribution in [3.63, 3.8) is 0 Å². The maximum Gasteiger partial charge on any atom is 0.192 e. The maximum absolute atomic E-state index is 11.7. The second-order valence-corrected chi connectivity index (χ2v) is 2.64. The van der Waals surface area contributed by atoms with E-state index < -0.39 is 0 Å². The van der Waals surface area contributed by atoms with Gasteiger partial charge in [-0.2, -0.15) is 0 Å². The summed E-state index contributed by atoms with van der Waals surface area (Å²) in [5.74, 6) is 0.0260. The van der Waals surface area contributed by atoms with Crippen LogP contribution < -0.4 is 0 Å². The van der Waals surface area contributed by atoms with Gasteiger partial charge >= 0.3 is 0 Å². The molecule has 0 saturated heterocycles. The lowest BCUT2D eigenvalue weighted by atomic mass is 10.0. The second-order valence-electron chi connectivity index (χ2n) is 2.64. The number of hydrogen-bond acceptors (Lipinski definition) is 1. The zero-order valence-corrected chi connectivity index (χ0v) is 12.8. The van der Waals surface area contributed by atoms with Gasteiger partial charge in [0.05, 0.1) is 0 Å². The van der Waals surface area contributed by atoms with Crippen LogP contribution in [-0.2, 0) is 0 Å². The number of rotatable bonds is 3. The molecule has 0 atom stereocenters. The van der Waals surface area contributed by atoms with Crippen molar-refractivity contribution in [2.24, 2.45) is 0 Å². The number of allylic oxidation sites excluding steroid dienone is 3. The molecule has 19 heavy (non-hydrogen) atoms. The van der Waals surface area contributed by atoms with Gasteiger partial charge in [-0.3, -0.25) is 4.79 Å². The summed E-state index contributed by atoms with van der Waals surface area (Å²) in [4.78, 5) is 11.7. The minimum absolute atomic E-state index is 0.0260. The molecule has 0 bridgehead atoms. The highest BCUT2D eigenvalue weighted by Crippen LogP contribution is 2.08. The van der Waals surface area contributed by atoms with Crippen LogP contribution >= 0.6 is 0 Å². The summed E-state index contributed by atoms with van der Waals surface area (Å²) in [7, 11) is 0. The Labute approximate surface area is 119 Å². The van der Waals surface area contributed by atoms with Crippen molar-refractivity contribution >= 4 is 5.78 Å². The first-order chi connectivity index (χ1) is 9.29. The van der Waals surface area contributed by atoms with Gasteiger partial charge in [0.2, 0.25) is 0 Å². The van der Waals surface area contributed by atoms with Crippen LogP contribution in [0.3, 0.4) is 0 Å². The van der Waals surface area contributed by atoms with E-state index in [4.69, 9.17) is 0 Å². The van der Waals surface area contributed by atoms with E-state index in [1.54, 1.807) is 24.3 Å². The van der Waals surface area contributed by atoms with Gasteiger partial charge in [0.25, 0.3) is 0 Å². The number of benzene rings is 1. The lowest BCUT2D eigenvalue weighted by Crippen LogP contribution is -2.00. The topological polar surface area (TPSA) is 17.1 Å². The van der Waals surface area contributed by atoms with Crippen LogP contribution in [0, 0.1) is 12.8 Å².